The third kappa shape index (κ3) is 4.97. The summed E-state index contributed by atoms with van der Waals surface area (Å²) in [5, 5.41) is 4.43. The average Bonchev–Trinajstić information content (AvgIpc) is 3.44. The van der Waals surface area contributed by atoms with Crippen molar-refractivity contribution in [1.82, 2.24) is 24.8 Å². The number of nitrogens with zero attached hydrogens (tertiary/aromatic N) is 4. The molecule has 4 aromatic rings. The van der Waals surface area contributed by atoms with Crippen LogP contribution in [-0.4, -0.2) is 44.1 Å². The summed E-state index contributed by atoms with van der Waals surface area (Å²) in [6, 6.07) is 9.28. The smallest absolute Gasteiger partial charge is 0.271 e. The number of methoxy groups -OCH3 is 1. The first-order valence-electron chi connectivity index (χ1n) is 9.76. The zero-order valence-corrected chi connectivity index (χ0v) is 19.4. The van der Waals surface area contributed by atoms with Gasteiger partial charge in [-0.05, 0) is 37.3 Å². The minimum Gasteiger partial charge on any atom is -0.497 e. The quantitative estimate of drug-likeness (QED) is 0.240. The Bertz CT molecular complexity index is 1300. The second-order valence-corrected chi connectivity index (χ2v) is 9.18. The third-order valence-corrected chi connectivity index (χ3v) is 6.73. The van der Waals surface area contributed by atoms with E-state index in [1.54, 1.807) is 37.3 Å². The Morgan fingerprint density at radius 2 is 2.06 bits per heavy atom. The number of thiophene rings is 1. The van der Waals surface area contributed by atoms with Gasteiger partial charge in [-0.15, -0.1) is 11.3 Å². The fourth-order valence-electron chi connectivity index (χ4n) is 3.04. The molecule has 0 atom stereocenters. The summed E-state index contributed by atoms with van der Waals surface area (Å²) < 4.78 is 7.02. The molecule has 8 nitrogen and oxygen atoms in total. The molecule has 10 heteroatoms. The zero-order valence-electron chi connectivity index (χ0n) is 17.8. The van der Waals surface area contributed by atoms with Gasteiger partial charge in [0.1, 0.15) is 22.3 Å². The largest absolute Gasteiger partial charge is 0.497 e. The SMILES string of the molecule is COc1ccc2nc(C)nc(SCC(=O)c3ccc(CNC(=O)c4cn(C)cn4)s3)c2c1. The molecule has 32 heavy (non-hydrogen) atoms. The number of hydrogen-bond acceptors (Lipinski definition) is 8. The van der Waals surface area contributed by atoms with Crippen LogP contribution in [0.25, 0.3) is 10.9 Å². The Kier molecular flexibility index (Phi) is 6.52. The number of aromatic nitrogens is 4. The number of carbonyl (C=O) groups is 2. The number of aryl methyl sites for hydroxylation is 2. The van der Waals surface area contributed by atoms with Crippen LogP contribution < -0.4 is 10.1 Å². The molecule has 3 aromatic heterocycles. The number of thioether (sulfide) groups is 1. The molecule has 0 aliphatic carbocycles. The Morgan fingerprint density at radius 3 is 2.81 bits per heavy atom. The van der Waals surface area contributed by atoms with E-state index in [9.17, 15) is 9.59 Å². The summed E-state index contributed by atoms with van der Waals surface area (Å²) in [6.07, 6.45) is 3.23. The van der Waals surface area contributed by atoms with E-state index in [-0.39, 0.29) is 17.4 Å². The summed E-state index contributed by atoms with van der Waals surface area (Å²) in [6.45, 7) is 2.18. The van der Waals surface area contributed by atoms with Crippen molar-refractivity contribution in [2.75, 3.05) is 12.9 Å². The van der Waals surface area contributed by atoms with Crippen molar-refractivity contribution in [2.24, 2.45) is 7.05 Å². The van der Waals surface area contributed by atoms with Crippen LogP contribution >= 0.6 is 23.1 Å². The molecule has 0 saturated heterocycles. The maximum Gasteiger partial charge on any atom is 0.271 e. The van der Waals surface area contributed by atoms with Crippen molar-refractivity contribution < 1.29 is 14.3 Å². The summed E-state index contributed by atoms with van der Waals surface area (Å²) in [7, 11) is 3.42. The van der Waals surface area contributed by atoms with E-state index in [0.717, 1.165) is 20.8 Å². The highest BCUT2D eigenvalue weighted by Crippen LogP contribution is 2.29. The molecule has 1 aromatic carbocycles. The van der Waals surface area contributed by atoms with Gasteiger partial charge in [0.25, 0.3) is 5.91 Å². The molecule has 0 bridgehead atoms. The predicted octanol–water partition coefficient (Wildman–Crippen LogP) is 3.65. The lowest BCUT2D eigenvalue weighted by molar-refractivity contribution is 0.0946. The van der Waals surface area contributed by atoms with Crippen LogP contribution in [-0.2, 0) is 13.6 Å². The van der Waals surface area contributed by atoms with Gasteiger partial charge in [-0.1, -0.05) is 11.8 Å². The normalized spacial score (nSPS) is 11.0. The molecular weight excluding hydrogens is 446 g/mol. The first-order valence-corrected chi connectivity index (χ1v) is 11.6. The molecule has 0 unspecified atom stereocenters. The Labute approximate surface area is 193 Å². The highest BCUT2D eigenvalue weighted by molar-refractivity contribution is 8.00. The van der Waals surface area contributed by atoms with E-state index in [0.29, 0.717) is 28.7 Å². The molecule has 1 amide bonds. The highest BCUT2D eigenvalue weighted by Gasteiger charge is 2.15. The maximum atomic E-state index is 12.8. The monoisotopic (exact) mass is 467 g/mol. The summed E-state index contributed by atoms with van der Waals surface area (Å²) in [5.74, 6) is 1.38. The molecule has 0 saturated carbocycles. The molecule has 1 N–H and O–H groups in total. The van der Waals surface area contributed by atoms with Crippen molar-refractivity contribution in [1.29, 1.82) is 0 Å². The number of benzene rings is 1. The minimum atomic E-state index is -0.246. The number of imidazole rings is 1. The Balaban J connectivity index is 1.40. The summed E-state index contributed by atoms with van der Waals surface area (Å²) in [5.41, 5.74) is 1.18. The van der Waals surface area contributed by atoms with E-state index >= 15 is 0 Å². The average molecular weight is 468 g/mol. The van der Waals surface area contributed by atoms with Gasteiger partial charge in [-0.2, -0.15) is 0 Å². The van der Waals surface area contributed by atoms with E-state index in [2.05, 4.69) is 20.3 Å². The summed E-state index contributed by atoms with van der Waals surface area (Å²) in [4.78, 5) is 39.4. The van der Waals surface area contributed by atoms with Crippen LogP contribution in [0.3, 0.4) is 0 Å². The van der Waals surface area contributed by atoms with Gasteiger partial charge in [0, 0.05) is 23.5 Å². The summed E-state index contributed by atoms with van der Waals surface area (Å²) >= 11 is 2.76. The lowest BCUT2D eigenvalue weighted by Crippen LogP contribution is -2.22. The third-order valence-electron chi connectivity index (χ3n) is 4.62. The molecule has 0 fully saturated rings. The van der Waals surface area contributed by atoms with Gasteiger partial charge in [0.15, 0.2) is 5.78 Å². The second kappa shape index (κ2) is 9.49. The van der Waals surface area contributed by atoms with E-state index in [1.165, 1.54) is 23.1 Å². The second-order valence-electron chi connectivity index (χ2n) is 7.04. The van der Waals surface area contributed by atoms with Gasteiger partial charge in [-0.3, -0.25) is 9.59 Å². The maximum absolute atomic E-state index is 12.8. The number of Topliss-reactive ketones (excluding diaryl/α,β-unsaturated/α-hetero) is 1. The van der Waals surface area contributed by atoms with Gasteiger partial charge >= 0.3 is 0 Å². The fourth-order valence-corrected chi connectivity index (χ4v) is 4.96. The number of ether oxygens (including phenoxy) is 1. The van der Waals surface area contributed by atoms with E-state index in [4.69, 9.17) is 4.74 Å². The first-order chi connectivity index (χ1) is 15.4. The molecule has 0 aliphatic heterocycles. The molecule has 0 aliphatic rings. The number of fused-ring (bicyclic) bond motifs is 1. The number of rotatable bonds is 8. The van der Waals surface area contributed by atoms with Gasteiger partial charge in [0.05, 0.1) is 36.1 Å². The van der Waals surface area contributed by atoms with Crippen LogP contribution in [0.2, 0.25) is 0 Å². The lowest BCUT2D eigenvalue weighted by Gasteiger charge is -2.08. The van der Waals surface area contributed by atoms with Gasteiger partial charge in [-0.25, -0.2) is 15.0 Å². The topological polar surface area (TPSA) is 99.0 Å². The van der Waals surface area contributed by atoms with Crippen molar-refractivity contribution in [2.45, 2.75) is 18.5 Å². The lowest BCUT2D eigenvalue weighted by atomic mass is 10.2. The van der Waals surface area contributed by atoms with Crippen LogP contribution in [0.15, 0.2) is 47.9 Å². The van der Waals surface area contributed by atoms with Crippen molar-refractivity contribution in [3.63, 3.8) is 0 Å². The first kappa shape index (κ1) is 22.0. The van der Waals surface area contributed by atoms with Crippen LogP contribution in [0, 0.1) is 6.92 Å². The number of hydrogen-bond donors (Lipinski definition) is 1. The standard InChI is InChI=1S/C22H21N5O3S2/c1-13-25-17-6-4-14(30-3)8-16(17)22(26-13)31-11-19(28)20-7-5-15(32-20)9-23-21(29)18-10-27(2)12-24-18/h4-8,10,12H,9,11H2,1-3H3,(H,23,29). The van der Waals surface area contributed by atoms with Crippen molar-refractivity contribution >= 4 is 45.7 Å². The molecular formula is C22H21N5O3S2. The van der Waals surface area contributed by atoms with Crippen LogP contribution in [0.1, 0.15) is 30.9 Å². The van der Waals surface area contributed by atoms with E-state index < -0.39 is 0 Å². The van der Waals surface area contributed by atoms with Gasteiger partial charge < -0.3 is 14.6 Å². The van der Waals surface area contributed by atoms with Crippen LogP contribution in [0.4, 0.5) is 0 Å². The predicted molar refractivity (Wildman–Crippen MR) is 125 cm³/mol. The van der Waals surface area contributed by atoms with E-state index in [1.807, 2.05) is 31.2 Å². The minimum absolute atomic E-state index is 0.00890. The highest BCUT2D eigenvalue weighted by atomic mass is 32.2. The molecule has 0 spiro atoms. The Hall–Kier alpha value is -3.24. The molecule has 164 valence electrons. The molecule has 0 radical (unpaired) electrons. The molecule has 4 rings (SSSR count). The number of amides is 1. The van der Waals surface area contributed by atoms with Gasteiger partial charge in [0.2, 0.25) is 0 Å². The molecule has 3 heterocycles. The van der Waals surface area contributed by atoms with Crippen molar-refractivity contribution in [3.8, 4) is 5.75 Å². The number of ketones is 1. The van der Waals surface area contributed by atoms with Crippen LogP contribution in [0.5, 0.6) is 5.75 Å². The Morgan fingerprint density at radius 1 is 1.22 bits per heavy atom. The number of nitrogens with one attached hydrogen (secondary N) is 1. The zero-order chi connectivity index (χ0) is 22.7. The number of carbonyl (C=O) groups excluding carboxylic acids is 2. The fraction of sp³-hybridized carbons (Fsp3) is 0.227. The van der Waals surface area contributed by atoms with Crippen molar-refractivity contribution in [3.05, 3.63) is 64.1 Å².